The molecule has 0 saturated heterocycles. The van der Waals surface area contributed by atoms with Gasteiger partial charge in [0.15, 0.2) is 0 Å². The van der Waals surface area contributed by atoms with Crippen molar-refractivity contribution in [3.63, 3.8) is 0 Å². The smallest absolute Gasteiger partial charge is 0.316 e. The second-order valence-electron chi connectivity index (χ2n) is 6.28. The number of esters is 1. The molecule has 1 aliphatic rings. The highest BCUT2D eigenvalue weighted by atomic mass is 79.9. The van der Waals surface area contributed by atoms with Crippen molar-refractivity contribution < 1.29 is 9.53 Å². The summed E-state index contributed by atoms with van der Waals surface area (Å²) < 4.78 is 6.38. The van der Waals surface area contributed by atoms with E-state index in [1.54, 1.807) is 0 Å². The molecule has 1 saturated carbocycles. The van der Waals surface area contributed by atoms with Crippen LogP contribution >= 0.6 is 27.7 Å². The zero-order chi connectivity index (χ0) is 15.5. The van der Waals surface area contributed by atoms with Gasteiger partial charge in [-0.1, -0.05) is 22.0 Å². The predicted octanol–water partition coefficient (Wildman–Crippen LogP) is 4.13. The van der Waals surface area contributed by atoms with E-state index >= 15 is 0 Å². The van der Waals surface area contributed by atoms with E-state index in [2.05, 4.69) is 33.4 Å². The molecule has 1 aromatic carbocycles. The lowest BCUT2D eigenvalue weighted by molar-refractivity contribution is -0.151. The lowest BCUT2D eigenvalue weighted by Gasteiger charge is -2.19. The zero-order valence-corrected chi connectivity index (χ0v) is 15.1. The summed E-state index contributed by atoms with van der Waals surface area (Å²) in [6.07, 6.45) is 2.55. The number of halogens is 1. The zero-order valence-electron chi connectivity index (χ0n) is 12.7. The lowest BCUT2D eigenvalue weighted by Crippen LogP contribution is -2.25. The number of hydrogen-bond acceptors (Lipinski definition) is 4. The van der Waals surface area contributed by atoms with E-state index in [9.17, 15) is 4.79 Å². The van der Waals surface area contributed by atoms with Gasteiger partial charge in [0.05, 0.1) is 5.75 Å². The molecule has 21 heavy (non-hydrogen) atoms. The molecule has 1 aliphatic carbocycles. The van der Waals surface area contributed by atoms with Crippen molar-refractivity contribution in [2.24, 2.45) is 0 Å². The van der Waals surface area contributed by atoms with E-state index in [1.807, 2.05) is 26.8 Å². The number of carbonyl (C=O) groups is 1. The number of ether oxygens (including phenoxy) is 1. The molecule has 5 heteroatoms. The fourth-order valence-corrected chi connectivity index (χ4v) is 3.24. The Balaban J connectivity index is 1.93. The highest BCUT2D eigenvalue weighted by Crippen LogP contribution is 2.28. The number of hydrogen-bond donors (Lipinski definition) is 1. The second-order valence-corrected chi connectivity index (χ2v) is 8.22. The van der Waals surface area contributed by atoms with Gasteiger partial charge in [-0.2, -0.15) is 0 Å². The number of benzene rings is 1. The van der Waals surface area contributed by atoms with Crippen molar-refractivity contribution in [2.45, 2.75) is 56.7 Å². The maximum Gasteiger partial charge on any atom is 0.316 e. The van der Waals surface area contributed by atoms with Gasteiger partial charge >= 0.3 is 5.97 Å². The summed E-state index contributed by atoms with van der Waals surface area (Å²) in [6.45, 7) is 6.52. The van der Waals surface area contributed by atoms with Gasteiger partial charge in [0, 0.05) is 22.0 Å². The monoisotopic (exact) mass is 371 g/mol. The van der Waals surface area contributed by atoms with Crippen LogP contribution in [0.4, 0.5) is 0 Å². The molecule has 1 fully saturated rings. The Morgan fingerprint density at radius 1 is 1.43 bits per heavy atom. The Bertz CT molecular complexity index is 509. The second kappa shape index (κ2) is 7.16. The van der Waals surface area contributed by atoms with Crippen molar-refractivity contribution in [3.8, 4) is 0 Å². The number of nitrogens with one attached hydrogen (secondary N) is 1. The molecule has 1 N–H and O–H groups in total. The first-order chi connectivity index (χ1) is 9.83. The van der Waals surface area contributed by atoms with Crippen LogP contribution in [-0.2, 0) is 16.1 Å². The number of rotatable bonds is 6. The van der Waals surface area contributed by atoms with Gasteiger partial charge in [-0.3, -0.25) is 4.79 Å². The van der Waals surface area contributed by atoms with Crippen LogP contribution in [0.2, 0.25) is 0 Å². The third-order valence-corrected chi connectivity index (χ3v) is 4.52. The van der Waals surface area contributed by atoms with Crippen molar-refractivity contribution in [1.82, 2.24) is 5.32 Å². The summed E-state index contributed by atoms with van der Waals surface area (Å²) in [4.78, 5) is 13.0. The van der Waals surface area contributed by atoms with Gasteiger partial charge in [0.25, 0.3) is 0 Å². The highest BCUT2D eigenvalue weighted by molar-refractivity contribution is 9.10. The van der Waals surface area contributed by atoms with E-state index in [4.69, 9.17) is 4.74 Å². The van der Waals surface area contributed by atoms with Gasteiger partial charge in [-0.25, -0.2) is 0 Å². The molecule has 0 unspecified atom stereocenters. The summed E-state index contributed by atoms with van der Waals surface area (Å²) >= 11 is 5.03. The third kappa shape index (κ3) is 6.41. The minimum Gasteiger partial charge on any atom is -0.459 e. The first kappa shape index (κ1) is 16.8. The molecular weight excluding hydrogens is 350 g/mol. The van der Waals surface area contributed by atoms with Crippen molar-refractivity contribution in [2.75, 3.05) is 5.75 Å². The Hall–Kier alpha value is -0.520. The Morgan fingerprint density at radius 3 is 2.76 bits per heavy atom. The molecule has 0 heterocycles. The average Bonchev–Trinajstić information content (AvgIpc) is 3.17. The van der Waals surface area contributed by atoms with E-state index in [1.165, 1.54) is 30.2 Å². The topological polar surface area (TPSA) is 38.3 Å². The molecule has 0 bridgehead atoms. The summed E-state index contributed by atoms with van der Waals surface area (Å²) in [6, 6.07) is 6.90. The lowest BCUT2D eigenvalue weighted by atomic mass is 10.2. The Labute approximate surface area is 139 Å². The van der Waals surface area contributed by atoms with Crippen LogP contribution in [0.3, 0.4) is 0 Å². The fourth-order valence-electron chi connectivity index (χ4n) is 1.86. The third-order valence-electron chi connectivity index (χ3n) is 2.95. The van der Waals surface area contributed by atoms with Crippen LogP contribution in [0, 0.1) is 0 Å². The van der Waals surface area contributed by atoms with E-state index in [0.29, 0.717) is 11.8 Å². The van der Waals surface area contributed by atoms with E-state index < -0.39 is 5.60 Å². The van der Waals surface area contributed by atoms with Crippen LogP contribution in [0.25, 0.3) is 0 Å². The summed E-state index contributed by atoms with van der Waals surface area (Å²) in [5, 5.41) is 3.51. The first-order valence-electron chi connectivity index (χ1n) is 7.20. The summed E-state index contributed by atoms with van der Waals surface area (Å²) in [7, 11) is 0. The first-order valence-corrected chi connectivity index (χ1v) is 8.98. The maximum atomic E-state index is 11.8. The SMILES string of the molecule is CC(C)(C)OC(=O)CSc1cc(Br)ccc1CNC1CC1. The van der Waals surface area contributed by atoms with Gasteiger partial charge in [-0.05, 0) is 51.3 Å². The van der Waals surface area contributed by atoms with Crippen LogP contribution in [0.15, 0.2) is 27.6 Å². The molecule has 2 rings (SSSR count). The number of thioether (sulfide) groups is 1. The molecule has 0 aliphatic heterocycles. The minimum atomic E-state index is -0.425. The van der Waals surface area contributed by atoms with Crippen LogP contribution < -0.4 is 5.32 Å². The Morgan fingerprint density at radius 2 is 2.14 bits per heavy atom. The van der Waals surface area contributed by atoms with Crippen molar-refractivity contribution in [1.29, 1.82) is 0 Å². The largest absolute Gasteiger partial charge is 0.459 e. The molecule has 0 aromatic heterocycles. The van der Waals surface area contributed by atoms with Gasteiger partial charge in [0.1, 0.15) is 5.60 Å². The molecule has 0 radical (unpaired) electrons. The minimum absolute atomic E-state index is 0.173. The summed E-state index contributed by atoms with van der Waals surface area (Å²) in [5.74, 6) is 0.165. The molecule has 116 valence electrons. The molecule has 1 aromatic rings. The maximum absolute atomic E-state index is 11.8. The average molecular weight is 372 g/mol. The standard InChI is InChI=1S/C16H22BrNO2S/c1-16(2,3)20-15(19)10-21-14-8-12(17)5-4-11(14)9-18-13-6-7-13/h4-5,8,13,18H,6-7,9-10H2,1-3H3. The van der Waals surface area contributed by atoms with Gasteiger partial charge < -0.3 is 10.1 Å². The molecule has 0 spiro atoms. The van der Waals surface area contributed by atoms with Crippen LogP contribution in [0.1, 0.15) is 39.2 Å². The fraction of sp³-hybridized carbons (Fsp3) is 0.562. The van der Waals surface area contributed by atoms with Crippen LogP contribution in [-0.4, -0.2) is 23.4 Å². The molecule has 0 amide bonds. The normalized spacial score (nSPS) is 15.0. The van der Waals surface area contributed by atoms with Gasteiger partial charge in [-0.15, -0.1) is 11.8 Å². The number of carbonyl (C=O) groups excluding carboxylic acids is 1. The van der Waals surface area contributed by atoms with Crippen molar-refractivity contribution in [3.05, 3.63) is 28.2 Å². The molecular formula is C16H22BrNO2S. The molecule has 0 atom stereocenters. The Kier molecular flexibility index (Phi) is 5.74. The predicted molar refractivity (Wildman–Crippen MR) is 90.6 cm³/mol. The summed E-state index contributed by atoms with van der Waals surface area (Å²) in [5.41, 5.74) is 0.810. The molecule has 3 nitrogen and oxygen atoms in total. The quantitative estimate of drug-likeness (QED) is 0.602. The van der Waals surface area contributed by atoms with Crippen molar-refractivity contribution >= 4 is 33.7 Å². The van der Waals surface area contributed by atoms with Gasteiger partial charge in [0.2, 0.25) is 0 Å². The highest BCUT2D eigenvalue weighted by Gasteiger charge is 2.21. The van der Waals surface area contributed by atoms with Crippen LogP contribution in [0.5, 0.6) is 0 Å². The van der Waals surface area contributed by atoms with E-state index in [-0.39, 0.29) is 5.97 Å². The van der Waals surface area contributed by atoms with E-state index in [0.717, 1.165) is 15.9 Å².